The van der Waals surface area contributed by atoms with E-state index in [1.807, 2.05) is 7.05 Å². The molecule has 1 aliphatic heterocycles. The van der Waals surface area contributed by atoms with Crippen LogP contribution >= 0.6 is 11.3 Å². The van der Waals surface area contributed by atoms with E-state index in [9.17, 15) is 13.2 Å². The molecule has 0 N–H and O–H groups in total. The highest BCUT2D eigenvalue weighted by molar-refractivity contribution is 7.10. The van der Waals surface area contributed by atoms with Crippen LogP contribution in [0.1, 0.15) is 22.0 Å². The van der Waals surface area contributed by atoms with Gasteiger partial charge in [-0.15, -0.1) is 24.5 Å². The van der Waals surface area contributed by atoms with Crippen molar-refractivity contribution in [3.8, 4) is 5.75 Å². The van der Waals surface area contributed by atoms with Crippen molar-refractivity contribution < 1.29 is 17.9 Å². The number of likely N-dealkylation sites (N-methyl/N-ethyl adjacent to an activating group) is 1. The van der Waals surface area contributed by atoms with Gasteiger partial charge in [0.15, 0.2) is 0 Å². The molecule has 2 heterocycles. The Balaban J connectivity index is 1.88. The van der Waals surface area contributed by atoms with Gasteiger partial charge in [0.05, 0.1) is 6.04 Å². The van der Waals surface area contributed by atoms with Gasteiger partial charge in [-0.1, -0.05) is 12.1 Å². The molecule has 1 aliphatic rings. The van der Waals surface area contributed by atoms with E-state index in [2.05, 4.69) is 21.1 Å². The molecule has 0 saturated heterocycles. The van der Waals surface area contributed by atoms with Gasteiger partial charge in [0, 0.05) is 11.4 Å². The summed E-state index contributed by atoms with van der Waals surface area (Å²) in [5, 5.41) is 2.07. The zero-order chi connectivity index (χ0) is 15.0. The molecule has 0 spiro atoms. The summed E-state index contributed by atoms with van der Waals surface area (Å²) in [6, 6.07) is 8.35. The maximum atomic E-state index is 12.2. The van der Waals surface area contributed by atoms with Crippen LogP contribution in [0.3, 0.4) is 0 Å². The van der Waals surface area contributed by atoms with E-state index in [0.29, 0.717) is 0 Å². The fourth-order valence-electron chi connectivity index (χ4n) is 2.73. The summed E-state index contributed by atoms with van der Waals surface area (Å²) in [4.78, 5) is 3.57. The summed E-state index contributed by atoms with van der Waals surface area (Å²) < 4.78 is 40.5. The second kappa shape index (κ2) is 5.35. The van der Waals surface area contributed by atoms with Crippen LogP contribution in [0.4, 0.5) is 13.2 Å². The molecule has 2 nitrogen and oxygen atoms in total. The van der Waals surface area contributed by atoms with E-state index in [4.69, 9.17) is 0 Å². The van der Waals surface area contributed by atoms with Gasteiger partial charge in [0.2, 0.25) is 0 Å². The van der Waals surface area contributed by atoms with Crippen LogP contribution in [0, 0.1) is 0 Å². The van der Waals surface area contributed by atoms with E-state index in [0.717, 1.165) is 18.5 Å². The number of nitrogens with zero attached hydrogens (tertiary/aromatic N) is 1. The van der Waals surface area contributed by atoms with Crippen LogP contribution < -0.4 is 4.74 Å². The van der Waals surface area contributed by atoms with Crippen molar-refractivity contribution in [3.05, 3.63) is 51.7 Å². The Morgan fingerprint density at radius 1 is 1.19 bits per heavy atom. The summed E-state index contributed by atoms with van der Waals surface area (Å²) in [7, 11) is 2.03. The Labute approximate surface area is 124 Å². The van der Waals surface area contributed by atoms with Crippen LogP contribution in [0.5, 0.6) is 5.75 Å². The Hall–Kier alpha value is -1.53. The minimum Gasteiger partial charge on any atom is -0.406 e. The number of thiophene rings is 1. The lowest BCUT2D eigenvalue weighted by atomic mass is 9.94. The topological polar surface area (TPSA) is 12.5 Å². The second-order valence-corrected chi connectivity index (χ2v) is 6.05. The third kappa shape index (κ3) is 3.06. The predicted octanol–water partition coefficient (Wildman–Crippen LogP) is 4.22. The van der Waals surface area contributed by atoms with Crippen LogP contribution in [-0.2, 0) is 6.42 Å². The molecular formula is C15H14F3NOS. The third-order valence-corrected chi connectivity index (χ3v) is 4.63. The van der Waals surface area contributed by atoms with E-state index in [-0.39, 0.29) is 11.8 Å². The van der Waals surface area contributed by atoms with Gasteiger partial charge in [0.1, 0.15) is 5.75 Å². The minimum atomic E-state index is -4.65. The second-order valence-electron chi connectivity index (χ2n) is 5.05. The number of hydrogen-bond acceptors (Lipinski definition) is 3. The average Bonchev–Trinajstić information content (AvgIpc) is 2.86. The van der Waals surface area contributed by atoms with Crippen LogP contribution in [0.25, 0.3) is 0 Å². The fraction of sp³-hybridized carbons (Fsp3) is 0.333. The zero-order valence-corrected chi connectivity index (χ0v) is 12.2. The van der Waals surface area contributed by atoms with Crippen molar-refractivity contribution in [2.75, 3.05) is 13.6 Å². The standard InChI is InChI=1S/C15H14F3NOS/c1-19-8-6-13-12(7-9-21-13)14(19)10-2-4-11(5-3-10)20-15(16,17)18/h2-5,7,9,14H,6,8H2,1H3. The largest absolute Gasteiger partial charge is 0.573 e. The first-order valence-corrected chi connectivity index (χ1v) is 7.44. The number of hydrogen-bond donors (Lipinski definition) is 0. The SMILES string of the molecule is CN1CCc2sccc2C1c1ccc(OC(F)(F)F)cc1. The van der Waals surface area contributed by atoms with Crippen LogP contribution in [0.2, 0.25) is 0 Å². The molecule has 1 unspecified atom stereocenters. The smallest absolute Gasteiger partial charge is 0.406 e. The number of fused-ring (bicyclic) bond motifs is 1. The molecule has 0 amide bonds. The number of ether oxygens (including phenoxy) is 1. The molecule has 1 aromatic carbocycles. The zero-order valence-electron chi connectivity index (χ0n) is 11.4. The molecule has 112 valence electrons. The Morgan fingerprint density at radius 3 is 2.57 bits per heavy atom. The molecule has 0 aliphatic carbocycles. The number of halogens is 3. The number of alkyl halides is 3. The molecule has 0 bridgehead atoms. The van der Waals surface area contributed by atoms with E-state index in [1.165, 1.54) is 22.6 Å². The molecule has 0 saturated carbocycles. The van der Waals surface area contributed by atoms with Crippen molar-refractivity contribution in [2.45, 2.75) is 18.8 Å². The maximum absolute atomic E-state index is 12.2. The monoisotopic (exact) mass is 313 g/mol. The first-order chi connectivity index (χ1) is 9.94. The summed E-state index contributed by atoms with van der Waals surface area (Å²) in [5.41, 5.74) is 2.23. The molecule has 6 heteroatoms. The summed E-state index contributed by atoms with van der Waals surface area (Å²) in [5.74, 6) is -0.185. The van der Waals surface area contributed by atoms with Crippen molar-refractivity contribution in [1.82, 2.24) is 4.90 Å². The van der Waals surface area contributed by atoms with Gasteiger partial charge in [-0.25, -0.2) is 0 Å². The first-order valence-electron chi connectivity index (χ1n) is 6.56. The van der Waals surface area contributed by atoms with Gasteiger partial charge < -0.3 is 4.74 Å². The van der Waals surface area contributed by atoms with E-state index in [1.54, 1.807) is 23.5 Å². The quantitative estimate of drug-likeness (QED) is 0.823. The maximum Gasteiger partial charge on any atom is 0.573 e. The molecule has 0 radical (unpaired) electrons. The fourth-order valence-corrected chi connectivity index (χ4v) is 3.63. The normalized spacial score (nSPS) is 19.3. The van der Waals surface area contributed by atoms with Gasteiger partial charge in [-0.2, -0.15) is 0 Å². The van der Waals surface area contributed by atoms with Crippen molar-refractivity contribution in [2.24, 2.45) is 0 Å². The molecule has 2 aromatic rings. The molecule has 0 fully saturated rings. The molecule has 1 aromatic heterocycles. The highest BCUT2D eigenvalue weighted by Crippen LogP contribution is 2.37. The third-order valence-electron chi connectivity index (χ3n) is 3.64. The highest BCUT2D eigenvalue weighted by atomic mass is 32.1. The lowest BCUT2D eigenvalue weighted by molar-refractivity contribution is -0.274. The first kappa shape index (κ1) is 14.4. The number of rotatable bonds is 2. The molecule has 3 rings (SSSR count). The van der Waals surface area contributed by atoms with Crippen molar-refractivity contribution >= 4 is 11.3 Å². The summed E-state index contributed by atoms with van der Waals surface area (Å²) in [6.07, 6.45) is -3.63. The lowest BCUT2D eigenvalue weighted by Crippen LogP contribution is -2.31. The van der Waals surface area contributed by atoms with Crippen LogP contribution in [-0.4, -0.2) is 24.9 Å². The predicted molar refractivity (Wildman–Crippen MR) is 75.6 cm³/mol. The van der Waals surface area contributed by atoms with Crippen molar-refractivity contribution in [1.29, 1.82) is 0 Å². The van der Waals surface area contributed by atoms with Gasteiger partial charge >= 0.3 is 6.36 Å². The molecule has 21 heavy (non-hydrogen) atoms. The lowest BCUT2D eigenvalue weighted by Gasteiger charge is -2.33. The minimum absolute atomic E-state index is 0.0972. The average molecular weight is 313 g/mol. The Bertz CT molecular complexity index is 621. The van der Waals surface area contributed by atoms with Gasteiger partial charge in [-0.3, -0.25) is 4.90 Å². The van der Waals surface area contributed by atoms with E-state index >= 15 is 0 Å². The van der Waals surface area contributed by atoms with Crippen LogP contribution in [0.15, 0.2) is 35.7 Å². The van der Waals surface area contributed by atoms with Gasteiger partial charge in [0.25, 0.3) is 0 Å². The van der Waals surface area contributed by atoms with Gasteiger partial charge in [-0.05, 0) is 48.2 Å². The Morgan fingerprint density at radius 2 is 1.90 bits per heavy atom. The summed E-state index contributed by atoms with van der Waals surface area (Å²) in [6.45, 7) is 0.943. The highest BCUT2D eigenvalue weighted by Gasteiger charge is 2.31. The van der Waals surface area contributed by atoms with E-state index < -0.39 is 6.36 Å². The number of benzene rings is 1. The Kier molecular flexibility index (Phi) is 3.67. The molecular weight excluding hydrogens is 299 g/mol. The molecule has 1 atom stereocenters. The van der Waals surface area contributed by atoms with Crippen molar-refractivity contribution in [3.63, 3.8) is 0 Å². The summed E-state index contributed by atoms with van der Waals surface area (Å²) >= 11 is 1.74.